The summed E-state index contributed by atoms with van der Waals surface area (Å²) in [5.74, 6) is -0.848. The second kappa shape index (κ2) is 9.87. The molecule has 3 aromatic rings. The standard InChI is InChI=1S/C24H27FN2O4S2/c1-16-13-17(2)23-21(14-16)32-24(26-23)27(15-19-5-3-11-31-19)22(28)6-4-12-33(29,30)20-9-7-18(25)8-10-20/h7-10,13-14,19H,3-6,11-12,15H2,1-2H3. The maximum atomic E-state index is 13.2. The lowest BCUT2D eigenvalue weighted by Gasteiger charge is -2.23. The number of thiazole rings is 1. The van der Waals surface area contributed by atoms with Crippen LogP contribution in [0.2, 0.25) is 0 Å². The van der Waals surface area contributed by atoms with Crippen LogP contribution < -0.4 is 4.90 Å². The predicted octanol–water partition coefficient (Wildman–Crippen LogP) is 4.82. The van der Waals surface area contributed by atoms with Gasteiger partial charge in [-0.05, 0) is 74.6 Å². The Bertz CT molecular complexity index is 1250. The van der Waals surface area contributed by atoms with Crippen molar-refractivity contribution >= 4 is 42.4 Å². The largest absolute Gasteiger partial charge is 0.376 e. The van der Waals surface area contributed by atoms with Crippen LogP contribution in [0.3, 0.4) is 0 Å². The monoisotopic (exact) mass is 490 g/mol. The second-order valence-electron chi connectivity index (χ2n) is 8.44. The molecule has 4 rings (SSSR count). The van der Waals surface area contributed by atoms with Gasteiger partial charge in [0, 0.05) is 13.0 Å². The number of halogens is 1. The number of hydrogen-bond donors (Lipinski definition) is 0. The van der Waals surface area contributed by atoms with Crippen molar-refractivity contribution in [2.75, 3.05) is 23.8 Å². The van der Waals surface area contributed by atoms with Gasteiger partial charge in [0.25, 0.3) is 0 Å². The van der Waals surface area contributed by atoms with E-state index in [4.69, 9.17) is 9.72 Å². The summed E-state index contributed by atoms with van der Waals surface area (Å²) in [5, 5.41) is 0.612. The molecule has 0 aliphatic carbocycles. The van der Waals surface area contributed by atoms with Crippen molar-refractivity contribution in [2.24, 2.45) is 0 Å². The van der Waals surface area contributed by atoms with Crippen molar-refractivity contribution in [3.8, 4) is 0 Å². The zero-order chi connectivity index (χ0) is 23.6. The minimum atomic E-state index is -3.59. The summed E-state index contributed by atoms with van der Waals surface area (Å²) in [4.78, 5) is 19.7. The first-order valence-electron chi connectivity index (χ1n) is 11.0. The fraction of sp³-hybridized carbons (Fsp3) is 0.417. The topological polar surface area (TPSA) is 76.6 Å². The SMILES string of the molecule is Cc1cc(C)c2nc(N(CC3CCCO3)C(=O)CCCS(=O)(=O)c3ccc(F)cc3)sc2c1. The highest BCUT2D eigenvalue weighted by atomic mass is 32.2. The average molecular weight is 491 g/mol. The lowest BCUT2D eigenvalue weighted by Crippen LogP contribution is -2.37. The molecule has 1 saturated heterocycles. The number of aromatic nitrogens is 1. The van der Waals surface area contributed by atoms with Crippen molar-refractivity contribution in [3.05, 3.63) is 53.3 Å². The fourth-order valence-electron chi connectivity index (χ4n) is 4.06. The molecule has 1 amide bonds. The first kappa shape index (κ1) is 23.8. The Morgan fingerprint density at radius 3 is 2.70 bits per heavy atom. The molecule has 0 radical (unpaired) electrons. The number of carbonyl (C=O) groups excluding carboxylic acids is 1. The van der Waals surface area contributed by atoms with Crippen LogP contribution in [0.1, 0.15) is 36.8 Å². The van der Waals surface area contributed by atoms with Crippen molar-refractivity contribution < 1.29 is 22.3 Å². The van der Waals surface area contributed by atoms with Gasteiger partial charge >= 0.3 is 0 Å². The molecule has 1 unspecified atom stereocenters. The number of ether oxygens (including phenoxy) is 1. The molecular weight excluding hydrogens is 463 g/mol. The molecule has 1 aliphatic heterocycles. The van der Waals surface area contributed by atoms with Crippen LogP contribution in [0.15, 0.2) is 41.3 Å². The van der Waals surface area contributed by atoms with E-state index < -0.39 is 15.7 Å². The van der Waals surface area contributed by atoms with Gasteiger partial charge in [0.15, 0.2) is 15.0 Å². The van der Waals surface area contributed by atoms with E-state index in [0.717, 1.165) is 46.3 Å². The molecule has 9 heteroatoms. The molecule has 6 nitrogen and oxygen atoms in total. The van der Waals surface area contributed by atoms with Gasteiger partial charge in [-0.3, -0.25) is 9.69 Å². The summed E-state index contributed by atoms with van der Waals surface area (Å²) in [6.07, 6.45) is 2.03. The number of hydrogen-bond acceptors (Lipinski definition) is 6. The average Bonchev–Trinajstić information content (AvgIpc) is 3.42. The molecular formula is C24H27FN2O4S2. The Hall–Kier alpha value is -2.36. The van der Waals surface area contributed by atoms with E-state index in [9.17, 15) is 17.6 Å². The van der Waals surface area contributed by atoms with Gasteiger partial charge in [-0.15, -0.1) is 0 Å². The van der Waals surface area contributed by atoms with Gasteiger partial charge in [0.2, 0.25) is 5.91 Å². The third kappa shape index (κ3) is 5.59. The number of carbonyl (C=O) groups is 1. The van der Waals surface area contributed by atoms with E-state index in [2.05, 4.69) is 12.1 Å². The van der Waals surface area contributed by atoms with E-state index in [0.29, 0.717) is 18.3 Å². The van der Waals surface area contributed by atoms with Gasteiger partial charge in [0.05, 0.1) is 33.5 Å². The summed E-state index contributed by atoms with van der Waals surface area (Å²) in [6, 6.07) is 8.88. The van der Waals surface area contributed by atoms with Crippen molar-refractivity contribution in [2.45, 2.75) is 50.5 Å². The Morgan fingerprint density at radius 2 is 2.00 bits per heavy atom. The highest BCUT2D eigenvalue weighted by molar-refractivity contribution is 7.91. The van der Waals surface area contributed by atoms with Crippen LogP contribution in [0.5, 0.6) is 0 Å². The van der Waals surface area contributed by atoms with E-state index in [1.807, 2.05) is 13.8 Å². The summed E-state index contributed by atoms with van der Waals surface area (Å²) >= 11 is 1.47. The van der Waals surface area contributed by atoms with Crippen LogP contribution in [-0.4, -0.2) is 44.3 Å². The van der Waals surface area contributed by atoms with Crippen molar-refractivity contribution in [3.63, 3.8) is 0 Å². The number of rotatable bonds is 8. The normalized spacial score (nSPS) is 16.4. The van der Waals surface area contributed by atoms with E-state index >= 15 is 0 Å². The van der Waals surface area contributed by atoms with Crippen LogP contribution in [-0.2, 0) is 19.4 Å². The second-order valence-corrected chi connectivity index (χ2v) is 11.6. The van der Waals surface area contributed by atoms with Crippen LogP contribution in [0.25, 0.3) is 10.2 Å². The number of amides is 1. The molecule has 1 fully saturated rings. The van der Waals surface area contributed by atoms with Gasteiger partial charge in [-0.25, -0.2) is 17.8 Å². The predicted molar refractivity (Wildman–Crippen MR) is 128 cm³/mol. The minimum absolute atomic E-state index is 0.0493. The number of fused-ring (bicyclic) bond motifs is 1. The molecule has 176 valence electrons. The Morgan fingerprint density at radius 1 is 1.24 bits per heavy atom. The molecule has 1 aliphatic rings. The molecule has 1 atom stereocenters. The highest BCUT2D eigenvalue weighted by Crippen LogP contribution is 2.33. The Balaban J connectivity index is 1.50. The van der Waals surface area contributed by atoms with Crippen molar-refractivity contribution in [1.29, 1.82) is 0 Å². The lowest BCUT2D eigenvalue weighted by atomic mass is 10.1. The van der Waals surface area contributed by atoms with Crippen LogP contribution in [0.4, 0.5) is 9.52 Å². The van der Waals surface area contributed by atoms with Crippen LogP contribution >= 0.6 is 11.3 Å². The molecule has 0 bridgehead atoms. The summed E-state index contributed by atoms with van der Waals surface area (Å²) in [5.41, 5.74) is 3.07. The number of aryl methyl sites for hydroxylation is 2. The van der Waals surface area contributed by atoms with E-state index in [1.54, 1.807) is 4.90 Å². The zero-order valence-corrected chi connectivity index (χ0v) is 20.3. The van der Waals surface area contributed by atoms with E-state index in [-0.39, 0.29) is 35.5 Å². The van der Waals surface area contributed by atoms with Gasteiger partial charge in [-0.2, -0.15) is 0 Å². The van der Waals surface area contributed by atoms with Gasteiger partial charge < -0.3 is 4.74 Å². The van der Waals surface area contributed by atoms with E-state index in [1.165, 1.54) is 23.5 Å². The fourth-order valence-corrected chi connectivity index (χ4v) is 6.54. The third-order valence-corrected chi connectivity index (χ3v) is 8.58. The smallest absolute Gasteiger partial charge is 0.228 e. The molecule has 2 heterocycles. The third-order valence-electron chi connectivity index (χ3n) is 5.74. The zero-order valence-electron chi connectivity index (χ0n) is 18.7. The first-order valence-corrected chi connectivity index (χ1v) is 13.5. The molecule has 33 heavy (non-hydrogen) atoms. The Labute approximate surface area is 197 Å². The lowest BCUT2D eigenvalue weighted by molar-refractivity contribution is -0.119. The molecule has 0 spiro atoms. The summed E-state index contributed by atoms with van der Waals surface area (Å²) in [7, 11) is -3.59. The molecule has 2 aromatic carbocycles. The molecule has 0 N–H and O–H groups in total. The Kier molecular flexibility index (Phi) is 7.11. The van der Waals surface area contributed by atoms with Gasteiger partial charge in [-0.1, -0.05) is 17.4 Å². The number of nitrogens with zero attached hydrogens (tertiary/aromatic N) is 2. The number of sulfone groups is 1. The molecule has 0 saturated carbocycles. The summed E-state index contributed by atoms with van der Waals surface area (Å²) in [6.45, 7) is 5.12. The number of anilines is 1. The van der Waals surface area contributed by atoms with Gasteiger partial charge in [0.1, 0.15) is 5.82 Å². The highest BCUT2D eigenvalue weighted by Gasteiger charge is 2.27. The summed E-state index contributed by atoms with van der Waals surface area (Å²) < 4.78 is 45.0. The number of benzene rings is 2. The van der Waals surface area contributed by atoms with Crippen LogP contribution in [0, 0.1) is 19.7 Å². The maximum absolute atomic E-state index is 13.2. The maximum Gasteiger partial charge on any atom is 0.228 e. The van der Waals surface area contributed by atoms with Crippen molar-refractivity contribution in [1.82, 2.24) is 4.98 Å². The quantitative estimate of drug-likeness (QED) is 0.423. The molecule has 1 aromatic heterocycles. The minimum Gasteiger partial charge on any atom is -0.376 e. The first-order chi connectivity index (χ1) is 15.7.